The number of hydrogen-bond donors (Lipinski definition) is 3. The molecular weight excluding hydrogens is 402 g/mol. The van der Waals surface area contributed by atoms with Gasteiger partial charge in [0.15, 0.2) is 5.65 Å². The molecule has 8 heteroatoms. The van der Waals surface area contributed by atoms with E-state index in [4.69, 9.17) is 9.97 Å². The Hall–Kier alpha value is -3.16. The highest BCUT2D eigenvalue weighted by atomic mass is 16.2. The van der Waals surface area contributed by atoms with Gasteiger partial charge < -0.3 is 16.0 Å². The van der Waals surface area contributed by atoms with E-state index < -0.39 is 0 Å². The smallest absolute Gasteiger partial charge is 0.315 e. The molecule has 1 aliphatic carbocycles. The molecule has 1 fully saturated rings. The Labute approximate surface area is 189 Å². The molecule has 0 saturated heterocycles. The summed E-state index contributed by atoms with van der Waals surface area (Å²) in [5.41, 5.74) is 1.80. The summed E-state index contributed by atoms with van der Waals surface area (Å²) in [5.74, 6) is 1.85. The number of aromatic nitrogens is 4. The quantitative estimate of drug-likeness (QED) is 0.534. The molecular formula is C24H33N7O. The topological polar surface area (TPSA) is 96.8 Å². The molecule has 1 saturated carbocycles. The van der Waals surface area contributed by atoms with Crippen LogP contribution in [0.4, 0.5) is 10.6 Å². The van der Waals surface area contributed by atoms with Gasteiger partial charge in [-0.15, -0.1) is 0 Å². The molecule has 3 N–H and O–H groups in total. The van der Waals surface area contributed by atoms with Gasteiger partial charge in [0.25, 0.3) is 0 Å². The third-order valence-electron chi connectivity index (χ3n) is 5.79. The average molecular weight is 436 g/mol. The molecule has 170 valence electrons. The SMILES string of the molecule is CC(C)NC(=O)NC1CCC(Nc2nc(C(C)C)nc3c2cnn3-c2ccccc2)CC1. The number of rotatable bonds is 6. The van der Waals surface area contributed by atoms with Crippen LogP contribution in [0.5, 0.6) is 0 Å². The fraction of sp³-hybridized carbons (Fsp3) is 0.500. The van der Waals surface area contributed by atoms with Crippen molar-refractivity contribution in [3.8, 4) is 5.69 Å². The lowest BCUT2D eigenvalue weighted by molar-refractivity contribution is 0.229. The molecule has 2 heterocycles. The molecule has 1 aromatic carbocycles. The number of carbonyl (C=O) groups is 1. The highest BCUT2D eigenvalue weighted by Gasteiger charge is 2.24. The Balaban J connectivity index is 1.51. The first-order chi connectivity index (χ1) is 15.4. The number of urea groups is 1. The number of hydrogen-bond acceptors (Lipinski definition) is 5. The summed E-state index contributed by atoms with van der Waals surface area (Å²) in [5, 5.41) is 15.2. The van der Waals surface area contributed by atoms with Crippen molar-refractivity contribution in [2.45, 2.75) is 77.4 Å². The van der Waals surface area contributed by atoms with Crippen molar-refractivity contribution >= 4 is 22.9 Å². The van der Waals surface area contributed by atoms with E-state index in [1.54, 1.807) is 0 Å². The Bertz CT molecular complexity index is 1050. The lowest BCUT2D eigenvalue weighted by atomic mass is 9.91. The molecule has 0 unspecified atom stereocenters. The zero-order chi connectivity index (χ0) is 22.7. The molecule has 0 atom stereocenters. The van der Waals surface area contributed by atoms with Crippen molar-refractivity contribution in [2.75, 3.05) is 5.32 Å². The number of carbonyl (C=O) groups excluding carboxylic acids is 1. The molecule has 3 aromatic rings. The number of anilines is 1. The number of amides is 2. The highest BCUT2D eigenvalue weighted by molar-refractivity contribution is 5.87. The minimum absolute atomic E-state index is 0.0798. The van der Waals surface area contributed by atoms with E-state index in [1.807, 2.05) is 55.1 Å². The maximum Gasteiger partial charge on any atom is 0.315 e. The van der Waals surface area contributed by atoms with Crippen LogP contribution < -0.4 is 16.0 Å². The van der Waals surface area contributed by atoms with Crippen molar-refractivity contribution < 1.29 is 4.79 Å². The highest BCUT2D eigenvalue weighted by Crippen LogP contribution is 2.28. The van der Waals surface area contributed by atoms with Crippen LogP contribution in [0.2, 0.25) is 0 Å². The monoisotopic (exact) mass is 435 g/mol. The summed E-state index contributed by atoms with van der Waals surface area (Å²) in [6.07, 6.45) is 5.68. The van der Waals surface area contributed by atoms with Crippen LogP contribution in [0.25, 0.3) is 16.7 Å². The lowest BCUT2D eigenvalue weighted by Crippen LogP contribution is -2.46. The van der Waals surface area contributed by atoms with E-state index in [9.17, 15) is 4.79 Å². The molecule has 32 heavy (non-hydrogen) atoms. The summed E-state index contributed by atoms with van der Waals surface area (Å²) >= 11 is 0. The van der Waals surface area contributed by atoms with Gasteiger partial charge in [-0.2, -0.15) is 5.10 Å². The number of benzene rings is 1. The van der Waals surface area contributed by atoms with E-state index in [2.05, 4.69) is 34.9 Å². The minimum Gasteiger partial charge on any atom is -0.367 e. The van der Waals surface area contributed by atoms with Gasteiger partial charge in [-0.05, 0) is 51.7 Å². The zero-order valence-electron chi connectivity index (χ0n) is 19.3. The van der Waals surface area contributed by atoms with Crippen LogP contribution in [0.3, 0.4) is 0 Å². The van der Waals surface area contributed by atoms with Crippen molar-refractivity contribution in [3.63, 3.8) is 0 Å². The minimum atomic E-state index is -0.0798. The average Bonchev–Trinajstić information content (AvgIpc) is 3.19. The van der Waals surface area contributed by atoms with Gasteiger partial charge in [0.05, 0.1) is 17.3 Å². The number of fused-ring (bicyclic) bond motifs is 1. The van der Waals surface area contributed by atoms with Crippen molar-refractivity contribution in [1.29, 1.82) is 0 Å². The van der Waals surface area contributed by atoms with Crippen LogP contribution in [0.1, 0.15) is 65.1 Å². The van der Waals surface area contributed by atoms with Crippen LogP contribution in [-0.4, -0.2) is 43.9 Å². The largest absolute Gasteiger partial charge is 0.367 e. The first-order valence-corrected chi connectivity index (χ1v) is 11.6. The van der Waals surface area contributed by atoms with Crippen molar-refractivity contribution in [3.05, 3.63) is 42.4 Å². The molecule has 0 radical (unpaired) electrons. The molecule has 4 rings (SSSR count). The fourth-order valence-corrected chi connectivity index (χ4v) is 4.12. The Morgan fingerprint density at radius 3 is 2.34 bits per heavy atom. The van der Waals surface area contributed by atoms with Gasteiger partial charge in [-0.25, -0.2) is 19.4 Å². The molecule has 2 amide bonds. The fourth-order valence-electron chi connectivity index (χ4n) is 4.12. The zero-order valence-corrected chi connectivity index (χ0v) is 19.3. The van der Waals surface area contributed by atoms with Crippen molar-refractivity contribution in [1.82, 2.24) is 30.4 Å². The maximum absolute atomic E-state index is 12.0. The predicted molar refractivity (Wildman–Crippen MR) is 127 cm³/mol. The van der Waals surface area contributed by atoms with Gasteiger partial charge >= 0.3 is 6.03 Å². The summed E-state index contributed by atoms with van der Waals surface area (Å²) in [7, 11) is 0. The van der Waals surface area contributed by atoms with Crippen LogP contribution >= 0.6 is 0 Å². The van der Waals surface area contributed by atoms with Crippen LogP contribution in [-0.2, 0) is 0 Å². The first-order valence-electron chi connectivity index (χ1n) is 11.6. The first kappa shape index (κ1) is 22.0. The third-order valence-corrected chi connectivity index (χ3v) is 5.79. The van der Waals surface area contributed by atoms with E-state index in [0.717, 1.165) is 54.0 Å². The van der Waals surface area contributed by atoms with Crippen LogP contribution in [0.15, 0.2) is 36.5 Å². The number of nitrogens with one attached hydrogen (secondary N) is 3. The summed E-state index contributed by atoms with van der Waals surface area (Å²) in [6, 6.07) is 10.6. The van der Waals surface area contributed by atoms with E-state index in [-0.39, 0.29) is 24.0 Å². The molecule has 2 aromatic heterocycles. The number of nitrogens with zero attached hydrogens (tertiary/aromatic N) is 4. The van der Waals surface area contributed by atoms with Crippen molar-refractivity contribution in [2.24, 2.45) is 0 Å². The van der Waals surface area contributed by atoms with E-state index in [0.29, 0.717) is 6.04 Å². The van der Waals surface area contributed by atoms with Gasteiger partial charge in [-0.1, -0.05) is 32.0 Å². The Morgan fingerprint density at radius 1 is 1.00 bits per heavy atom. The summed E-state index contributed by atoms with van der Waals surface area (Å²) < 4.78 is 1.88. The second-order valence-electron chi connectivity index (χ2n) is 9.18. The van der Waals surface area contributed by atoms with Gasteiger partial charge in [0.1, 0.15) is 11.6 Å². The standard InChI is InChI=1S/C24H33N7O/c1-15(2)21-29-22(20-14-25-31(23(20)30-21)19-8-6-5-7-9-19)27-17-10-12-18(13-11-17)28-24(32)26-16(3)4/h5-9,14-18H,10-13H2,1-4H3,(H2,26,28,32)(H,27,29,30). The lowest BCUT2D eigenvalue weighted by Gasteiger charge is -2.30. The molecule has 0 aliphatic heterocycles. The second-order valence-corrected chi connectivity index (χ2v) is 9.18. The normalized spacial score (nSPS) is 18.8. The van der Waals surface area contributed by atoms with Gasteiger partial charge in [0.2, 0.25) is 0 Å². The number of para-hydroxylation sites is 1. The summed E-state index contributed by atoms with van der Waals surface area (Å²) in [6.45, 7) is 8.14. The molecule has 0 bridgehead atoms. The molecule has 8 nitrogen and oxygen atoms in total. The van der Waals surface area contributed by atoms with Gasteiger partial charge in [0, 0.05) is 24.0 Å². The maximum atomic E-state index is 12.0. The van der Waals surface area contributed by atoms with E-state index >= 15 is 0 Å². The molecule has 1 aliphatic rings. The second kappa shape index (κ2) is 9.54. The predicted octanol–water partition coefficient (Wildman–Crippen LogP) is 4.37. The molecule has 0 spiro atoms. The van der Waals surface area contributed by atoms with E-state index in [1.165, 1.54) is 0 Å². The Morgan fingerprint density at radius 2 is 1.69 bits per heavy atom. The third kappa shape index (κ3) is 5.00. The van der Waals surface area contributed by atoms with Crippen LogP contribution in [0, 0.1) is 0 Å². The summed E-state index contributed by atoms with van der Waals surface area (Å²) in [4.78, 5) is 21.7. The van der Waals surface area contributed by atoms with Gasteiger partial charge in [-0.3, -0.25) is 0 Å². The Kier molecular flexibility index (Phi) is 6.58.